The van der Waals surface area contributed by atoms with E-state index in [1.54, 1.807) is 0 Å². The minimum Gasteiger partial charge on any atom is -0.332 e. The molecule has 3 nitrogen and oxygen atoms in total. The number of para-hydroxylation sites is 3. The maximum Gasteiger partial charge on any atom is 0.0782 e. The number of hydrogen-bond donors (Lipinski definition) is 0. The fourth-order valence-electron chi connectivity index (χ4n) is 9.68. The van der Waals surface area contributed by atoms with Crippen LogP contribution in [0.25, 0.3) is 77.2 Å². The first-order valence-electron chi connectivity index (χ1n) is 19.9. The summed E-state index contributed by atoms with van der Waals surface area (Å²) in [7, 11) is 0. The summed E-state index contributed by atoms with van der Waals surface area (Å²) in [5.74, 6) is 0.266. The first kappa shape index (κ1) is 31.9. The molecular formula is C54H37N3. The number of anilines is 2. The molecule has 0 radical (unpaired) electrons. The lowest BCUT2D eigenvalue weighted by Gasteiger charge is -2.29. The molecule has 2 unspecified atom stereocenters. The molecule has 0 saturated heterocycles. The van der Waals surface area contributed by atoms with Gasteiger partial charge in [-0.05, 0) is 82.4 Å². The smallest absolute Gasteiger partial charge is 0.0782 e. The van der Waals surface area contributed by atoms with Crippen molar-refractivity contribution in [1.82, 2.24) is 9.13 Å². The zero-order valence-corrected chi connectivity index (χ0v) is 31.2. The van der Waals surface area contributed by atoms with Gasteiger partial charge in [0, 0.05) is 44.5 Å². The fourth-order valence-corrected chi connectivity index (χ4v) is 9.68. The Hall–Kier alpha value is -7.36. The summed E-state index contributed by atoms with van der Waals surface area (Å²) in [5, 5.41) is 5.09. The van der Waals surface area contributed by atoms with Gasteiger partial charge in [-0.15, -0.1) is 0 Å². The summed E-state index contributed by atoms with van der Waals surface area (Å²) in [6, 6.07) is 69.1. The van der Waals surface area contributed by atoms with Crippen molar-refractivity contribution in [2.24, 2.45) is 0 Å². The molecule has 0 N–H and O–H groups in total. The molecule has 0 spiro atoms. The van der Waals surface area contributed by atoms with Gasteiger partial charge in [0.2, 0.25) is 0 Å². The van der Waals surface area contributed by atoms with Crippen LogP contribution in [0.3, 0.4) is 0 Å². The van der Waals surface area contributed by atoms with Crippen molar-refractivity contribution in [3.05, 3.63) is 218 Å². The highest BCUT2D eigenvalue weighted by Crippen LogP contribution is 2.53. The normalized spacial score (nSPS) is 15.9. The van der Waals surface area contributed by atoms with Crippen molar-refractivity contribution < 1.29 is 0 Å². The maximum atomic E-state index is 2.58. The molecule has 12 rings (SSSR count). The van der Waals surface area contributed by atoms with E-state index in [0.29, 0.717) is 0 Å². The van der Waals surface area contributed by atoms with Crippen LogP contribution in [-0.4, -0.2) is 15.2 Å². The maximum absolute atomic E-state index is 2.58. The van der Waals surface area contributed by atoms with Crippen LogP contribution in [0.1, 0.15) is 11.5 Å². The average Bonchev–Trinajstić information content (AvgIpc) is 3.93. The monoisotopic (exact) mass is 727 g/mol. The Balaban J connectivity index is 0.974. The fraction of sp³-hybridized carbons (Fsp3) is 0.0370. The van der Waals surface area contributed by atoms with Crippen molar-refractivity contribution >= 4 is 55.0 Å². The zero-order valence-electron chi connectivity index (χ0n) is 31.2. The van der Waals surface area contributed by atoms with Crippen LogP contribution in [0, 0.1) is 0 Å². The van der Waals surface area contributed by atoms with E-state index < -0.39 is 0 Å². The Morgan fingerprint density at radius 1 is 0.333 bits per heavy atom. The van der Waals surface area contributed by atoms with Crippen LogP contribution in [-0.2, 0) is 0 Å². The molecule has 10 aromatic rings. The molecule has 0 saturated carbocycles. The molecule has 268 valence electrons. The molecule has 2 atom stereocenters. The molecule has 2 aromatic heterocycles. The Morgan fingerprint density at radius 3 is 1.39 bits per heavy atom. The summed E-state index contributed by atoms with van der Waals surface area (Å²) in [4.78, 5) is 2.58. The molecule has 8 aromatic carbocycles. The number of hydrogen-bond acceptors (Lipinski definition) is 1. The van der Waals surface area contributed by atoms with Crippen LogP contribution in [0.15, 0.2) is 212 Å². The van der Waals surface area contributed by atoms with Gasteiger partial charge in [-0.2, -0.15) is 0 Å². The zero-order chi connectivity index (χ0) is 37.5. The topological polar surface area (TPSA) is 13.1 Å². The van der Waals surface area contributed by atoms with E-state index in [0.717, 1.165) is 11.4 Å². The Morgan fingerprint density at radius 2 is 0.789 bits per heavy atom. The minimum atomic E-state index is 0.192. The molecule has 0 fully saturated rings. The second kappa shape index (κ2) is 12.6. The number of rotatable bonds is 5. The number of fused-ring (bicyclic) bond motifs is 10. The quantitative estimate of drug-likeness (QED) is 0.172. The molecule has 0 amide bonds. The molecule has 2 aliphatic rings. The van der Waals surface area contributed by atoms with Crippen LogP contribution < -0.4 is 4.90 Å². The van der Waals surface area contributed by atoms with Crippen LogP contribution in [0.5, 0.6) is 0 Å². The van der Waals surface area contributed by atoms with E-state index in [-0.39, 0.29) is 12.0 Å². The SMILES string of the molecule is C1=CC2c3ccc4c5ccccc5n(-c5ccc(-c6ccc(-n7c8ccccc8c8ccccc87)cc6)cc5)c4c3N(c3ccc(-c4ccccc4)cc3)C2C=C1. The molecule has 3 heterocycles. The molecule has 1 aliphatic carbocycles. The Labute approximate surface area is 331 Å². The number of allylic oxidation sites excluding steroid dienone is 2. The van der Waals surface area contributed by atoms with E-state index >= 15 is 0 Å². The van der Waals surface area contributed by atoms with Gasteiger partial charge in [-0.1, -0.05) is 158 Å². The Kier molecular flexibility index (Phi) is 7.05. The van der Waals surface area contributed by atoms with Gasteiger partial charge in [0.25, 0.3) is 0 Å². The van der Waals surface area contributed by atoms with Crippen LogP contribution >= 0.6 is 0 Å². The summed E-state index contributed by atoms with van der Waals surface area (Å²) in [6.07, 6.45) is 9.16. The number of benzene rings is 8. The largest absolute Gasteiger partial charge is 0.332 e. The summed E-state index contributed by atoms with van der Waals surface area (Å²) in [5.41, 5.74) is 15.9. The third-order valence-corrected chi connectivity index (χ3v) is 12.3. The van der Waals surface area contributed by atoms with E-state index in [1.165, 1.54) is 82.8 Å². The van der Waals surface area contributed by atoms with Gasteiger partial charge < -0.3 is 14.0 Å². The van der Waals surface area contributed by atoms with E-state index in [9.17, 15) is 0 Å². The van der Waals surface area contributed by atoms with Crippen molar-refractivity contribution in [3.8, 4) is 33.6 Å². The van der Waals surface area contributed by atoms with Gasteiger partial charge in [-0.3, -0.25) is 0 Å². The van der Waals surface area contributed by atoms with E-state index in [2.05, 4.69) is 226 Å². The number of aromatic nitrogens is 2. The van der Waals surface area contributed by atoms with E-state index in [4.69, 9.17) is 0 Å². The van der Waals surface area contributed by atoms with Crippen LogP contribution in [0.4, 0.5) is 11.4 Å². The van der Waals surface area contributed by atoms with E-state index in [1.807, 2.05) is 0 Å². The molecule has 1 aliphatic heterocycles. The predicted molar refractivity (Wildman–Crippen MR) is 239 cm³/mol. The predicted octanol–water partition coefficient (Wildman–Crippen LogP) is 13.9. The molecular weight excluding hydrogens is 691 g/mol. The molecule has 0 bridgehead atoms. The van der Waals surface area contributed by atoms with Crippen molar-refractivity contribution in [2.45, 2.75) is 12.0 Å². The van der Waals surface area contributed by atoms with Crippen molar-refractivity contribution in [1.29, 1.82) is 0 Å². The highest BCUT2D eigenvalue weighted by molar-refractivity contribution is 6.15. The van der Waals surface area contributed by atoms with Gasteiger partial charge in [0.15, 0.2) is 0 Å². The van der Waals surface area contributed by atoms with Gasteiger partial charge in [0.05, 0.1) is 33.8 Å². The second-order valence-corrected chi connectivity index (χ2v) is 15.3. The highest BCUT2D eigenvalue weighted by Gasteiger charge is 2.40. The van der Waals surface area contributed by atoms with Crippen LogP contribution in [0.2, 0.25) is 0 Å². The summed E-state index contributed by atoms with van der Waals surface area (Å²) >= 11 is 0. The Bertz CT molecular complexity index is 3160. The van der Waals surface area contributed by atoms with Crippen molar-refractivity contribution in [3.63, 3.8) is 0 Å². The van der Waals surface area contributed by atoms with Gasteiger partial charge in [-0.25, -0.2) is 0 Å². The second-order valence-electron chi connectivity index (χ2n) is 15.3. The third-order valence-electron chi connectivity index (χ3n) is 12.3. The minimum absolute atomic E-state index is 0.192. The lowest BCUT2D eigenvalue weighted by atomic mass is 9.91. The average molecular weight is 728 g/mol. The first-order chi connectivity index (χ1) is 28.3. The third kappa shape index (κ3) is 4.85. The van der Waals surface area contributed by atoms with Crippen molar-refractivity contribution in [2.75, 3.05) is 4.90 Å². The summed E-state index contributed by atoms with van der Waals surface area (Å²) < 4.78 is 4.87. The summed E-state index contributed by atoms with van der Waals surface area (Å²) in [6.45, 7) is 0. The standard InChI is InChI=1S/C54H37N3/c1-2-12-36(13-3-1)37-24-30-41(31-25-37)56-51-20-10-6-16-45(51)47-34-35-48-46-17-7-11-21-52(46)57(54(48)53(47)56)42-32-26-39(27-33-42)38-22-28-40(29-23-38)55-49-18-8-4-14-43(49)44-15-5-9-19-50(44)55/h1-35,45,51H. The first-order valence-corrected chi connectivity index (χ1v) is 19.9. The highest BCUT2D eigenvalue weighted by atomic mass is 15.2. The lowest BCUT2D eigenvalue weighted by Crippen LogP contribution is -2.28. The lowest BCUT2D eigenvalue weighted by molar-refractivity contribution is 0.745. The molecule has 3 heteroatoms. The van der Waals surface area contributed by atoms with Gasteiger partial charge >= 0.3 is 0 Å². The number of nitrogens with zero attached hydrogens (tertiary/aromatic N) is 3. The molecule has 57 heavy (non-hydrogen) atoms. The van der Waals surface area contributed by atoms with Gasteiger partial charge in [0.1, 0.15) is 0 Å².